The molecule has 0 saturated carbocycles. The third-order valence-corrected chi connectivity index (χ3v) is 2.60. The van der Waals surface area contributed by atoms with Crippen molar-refractivity contribution >= 4 is 21.8 Å². The van der Waals surface area contributed by atoms with Gasteiger partial charge in [-0.3, -0.25) is 4.79 Å². The number of benzene rings is 1. The molecule has 1 amide bonds. The minimum absolute atomic E-state index is 0.0597. The molecule has 17 heavy (non-hydrogen) atoms. The molecule has 0 aliphatic heterocycles. The molecule has 0 saturated heterocycles. The number of carbonyl (C=O) groups excluding carboxylic acids is 1. The molecule has 0 aromatic heterocycles. The number of aliphatic hydroxyl groups is 1. The van der Waals surface area contributed by atoms with Crippen LogP contribution in [0.4, 0.5) is 0 Å². The molecule has 0 spiro atoms. The van der Waals surface area contributed by atoms with Gasteiger partial charge in [0.1, 0.15) is 5.75 Å². The van der Waals surface area contributed by atoms with Gasteiger partial charge >= 0.3 is 0 Å². The average molecular weight is 302 g/mol. The van der Waals surface area contributed by atoms with Gasteiger partial charge in [0.15, 0.2) is 0 Å². The first-order valence-corrected chi connectivity index (χ1v) is 6.27. The topological polar surface area (TPSA) is 58.6 Å². The van der Waals surface area contributed by atoms with Crippen molar-refractivity contribution in [2.24, 2.45) is 0 Å². The summed E-state index contributed by atoms with van der Waals surface area (Å²) in [6.07, 6.45) is 0.904. The average Bonchev–Trinajstić information content (AvgIpc) is 2.32. The van der Waals surface area contributed by atoms with Crippen molar-refractivity contribution in [1.29, 1.82) is 0 Å². The van der Waals surface area contributed by atoms with E-state index < -0.39 is 0 Å². The normalized spacial score (nSPS) is 10.0. The molecule has 1 aromatic rings. The maximum atomic E-state index is 11.3. The molecule has 0 aliphatic carbocycles. The first kappa shape index (κ1) is 14.0. The number of carbonyl (C=O) groups is 1. The van der Waals surface area contributed by atoms with Crippen molar-refractivity contribution in [2.45, 2.75) is 12.8 Å². The predicted molar refractivity (Wildman–Crippen MR) is 69.0 cm³/mol. The zero-order valence-electron chi connectivity index (χ0n) is 9.49. The Balaban J connectivity index is 2.14. The Bertz CT molecular complexity index is 340. The Kier molecular flexibility index (Phi) is 6.65. The summed E-state index contributed by atoms with van der Waals surface area (Å²) in [5.41, 5.74) is 0. The van der Waals surface area contributed by atoms with Crippen LogP contribution in [-0.2, 0) is 4.79 Å². The molecular formula is C12H16BrNO3. The van der Waals surface area contributed by atoms with Crippen LogP contribution in [0.5, 0.6) is 5.75 Å². The highest BCUT2D eigenvalue weighted by Crippen LogP contribution is 2.15. The van der Waals surface area contributed by atoms with Gasteiger partial charge < -0.3 is 15.2 Å². The number of ether oxygens (including phenoxy) is 1. The van der Waals surface area contributed by atoms with Crippen LogP contribution in [0.25, 0.3) is 0 Å². The molecule has 0 fully saturated rings. The van der Waals surface area contributed by atoms with Crippen molar-refractivity contribution in [3.05, 3.63) is 28.7 Å². The zero-order valence-corrected chi connectivity index (χ0v) is 11.1. The van der Waals surface area contributed by atoms with E-state index in [-0.39, 0.29) is 12.5 Å². The van der Waals surface area contributed by atoms with Gasteiger partial charge in [-0.1, -0.05) is 15.9 Å². The van der Waals surface area contributed by atoms with Crippen LogP contribution in [0.15, 0.2) is 28.7 Å². The molecule has 0 aliphatic rings. The molecule has 5 heteroatoms. The van der Waals surface area contributed by atoms with Gasteiger partial charge in [0.25, 0.3) is 0 Å². The standard InChI is InChI=1S/C12H16BrNO3/c13-10-2-4-11(5-3-10)17-9-6-12(16)14-7-1-8-15/h2-5,15H,1,6-9H2,(H,14,16). The largest absolute Gasteiger partial charge is 0.493 e. The molecule has 0 radical (unpaired) electrons. The lowest BCUT2D eigenvalue weighted by Crippen LogP contribution is -2.26. The summed E-state index contributed by atoms with van der Waals surface area (Å²) in [6.45, 7) is 0.954. The van der Waals surface area contributed by atoms with Crippen LogP contribution in [0.3, 0.4) is 0 Å². The lowest BCUT2D eigenvalue weighted by atomic mass is 10.3. The van der Waals surface area contributed by atoms with Crippen molar-refractivity contribution < 1.29 is 14.6 Å². The van der Waals surface area contributed by atoms with Crippen LogP contribution in [-0.4, -0.2) is 30.8 Å². The summed E-state index contributed by atoms with van der Waals surface area (Å²) >= 11 is 3.33. The molecule has 0 bridgehead atoms. The van der Waals surface area contributed by atoms with Crippen molar-refractivity contribution in [3.8, 4) is 5.75 Å². The molecule has 0 heterocycles. The summed E-state index contributed by atoms with van der Waals surface area (Å²) in [5.74, 6) is 0.687. The predicted octanol–water partition coefficient (Wildman–Crippen LogP) is 1.72. The maximum Gasteiger partial charge on any atom is 0.223 e. The third kappa shape index (κ3) is 6.28. The van der Waals surface area contributed by atoms with E-state index in [1.165, 1.54) is 0 Å². The van der Waals surface area contributed by atoms with Crippen LogP contribution in [0, 0.1) is 0 Å². The first-order valence-electron chi connectivity index (χ1n) is 5.48. The second kappa shape index (κ2) is 8.08. The van der Waals surface area contributed by atoms with E-state index in [1.807, 2.05) is 24.3 Å². The van der Waals surface area contributed by atoms with Crippen LogP contribution in [0.1, 0.15) is 12.8 Å². The fraction of sp³-hybridized carbons (Fsp3) is 0.417. The van der Waals surface area contributed by atoms with Crippen LogP contribution < -0.4 is 10.1 Å². The fourth-order valence-corrected chi connectivity index (χ4v) is 1.45. The first-order chi connectivity index (χ1) is 8.22. The Morgan fingerprint density at radius 2 is 2.06 bits per heavy atom. The second-order valence-corrected chi connectivity index (χ2v) is 4.40. The molecule has 0 atom stereocenters. The van der Waals surface area contributed by atoms with Gasteiger partial charge in [-0.25, -0.2) is 0 Å². The Morgan fingerprint density at radius 1 is 1.35 bits per heavy atom. The number of hydrogen-bond donors (Lipinski definition) is 2. The van der Waals surface area contributed by atoms with Crippen LogP contribution in [0.2, 0.25) is 0 Å². The van der Waals surface area contributed by atoms with Gasteiger partial charge in [-0.2, -0.15) is 0 Å². The third-order valence-electron chi connectivity index (χ3n) is 2.07. The van der Waals surface area contributed by atoms with Gasteiger partial charge in [0, 0.05) is 17.6 Å². The number of aliphatic hydroxyl groups excluding tert-OH is 1. The zero-order chi connectivity index (χ0) is 12.5. The Labute approximate surface area is 109 Å². The Morgan fingerprint density at radius 3 is 2.71 bits per heavy atom. The van der Waals surface area contributed by atoms with Gasteiger partial charge in [0.05, 0.1) is 13.0 Å². The molecule has 4 nitrogen and oxygen atoms in total. The van der Waals surface area contributed by atoms with E-state index in [4.69, 9.17) is 9.84 Å². The van der Waals surface area contributed by atoms with E-state index in [1.54, 1.807) is 0 Å². The summed E-state index contributed by atoms with van der Waals surface area (Å²) < 4.78 is 6.40. The minimum atomic E-state index is -0.0597. The lowest BCUT2D eigenvalue weighted by molar-refractivity contribution is -0.121. The summed E-state index contributed by atoms with van der Waals surface area (Å²) in [6, 6.07) is 7.45. The number of rotatable bonds is 7. The van der Waals surface area contributed by atoms with Gasteiger partial charge in [0.2, 0.25) is 5.91 Å². The van der Waals surface area contributed by atoms with E-state index in [0.29, 0.717) is 26.0 Å². The van der Waals surface area contributed by atoms with Crippen LogP contribution >= 0.6 is 15.9 Å². The van der Waals surface area contributed by atoms with Crippen molar-refractivity contribution in [2.75, 3.05) is 19.8 Å². The highest BCUT2D eigenvalue weighted by molar-refractivity contribution is 9.10. The number of halogens is 1. The summed E-state index contributed by atoms with van der Waals surface area (Å²) in [5, 5.41) is 11.2. The lowest BCUT2D eigenvalue weighted by Gasteiger charge is -2.06. The molecule has 94 valence electrons. The summed E-state index contributed by atoms with van der Waals surface area (Å²) in [4.78, 5) is 11.3. The smallest absolute Gasteiger partial charge is 0.223 e. The monoisotopic (exact) mass is 301 g/mol. The Hall–Kier alpha value is -1.07. The molecule has 1 rings (SSSR count). The van der Waals surface area contributed by atoms with E-state index in [0.717, 1.165) is 10.2 Å². The SMILES string of the molecule is O=C(CCOc1ccc(Br)cc1)NCCCO. The van der Waals surface area contributed by atoms with Gasteiger partial charge in [-0.15, -0.1) is 0 Å². The van der Waals surface area contributed by atoms with E-state index >= 15 is 0 Å². The van der Waals surface area contributed by atoms with Crippen molar-refractivity contribution in [1.82, 2.24) is 5.32 Å². The van der Waals surface area contributed by atoms with Crippen molar-refractivity contribution in [3.63, 3.8) is 0 Å². The number of amides is 1. The highest BCUT2D eigenvalue weighted by Gasteiger charge is 2.01. The second-order valence-electron chi connectivity index (χ2n) is 3.48. The molecule has 0 unspecified atom stereocenters. The van der Waals surface area contributed by atoms with E-state index in [9.17, 15) is 4.79 Å². The number of hydrogen-bond acceptors (Lipinski definition) is 3. The molecular weight excluding hydrogens is 286 g/mol. The summed E-state index contributed by atoms with van der Waals surface area (Å²) in [7, 11) is 0. The van der Waals surface area contributed by atoms with E-state index in [2.05, 4.69) is 21.2 Å². The highest BCUT2D eigenvalue weighted by atomic mass is 79.9. The van der Waals surface area contributed by atoms with Gasteiger partial charge in [-0.05, 0) is 30.7 Å². The quantitative estimate of drug-likeness (QED) is 0.754. The molecule has 1 aromatic carbocycles. The number of nitrogens with one attached hydrogen (secondary N) is 1. The minimum Gasteiger partial charge on any atom is -0.493 e. The maximum absolute atomic E-state index is 11.3. The molecule has 2 N–H and O–H groups in total. The fourth-order valence-electron chi connectivity index (χ4n) is 1.19.